The summed E-state index contributed by atoms with van der Waals surface area (Å²) in [7, 11) is 1.83. The van der Waals surface area contributed by atoms with Gasteiger partial charge in [0.1, 0.15) is 5.69 Å². The van der Waals surface area contributed by atoms with E-state index in [4.69, 9.17) is 10.2 Å². The van der Waals surface area contributed by atoms with Gasteiger partial charge in [-0.1, -0.05) is 42.0 Å². The number of rotatable bonds is 5. The molecular formula is C25H26N4O. The summed E-state index contributed by atoms with van der Waals surface area (Å²) in [5.41, 5.74) is 5.80. The Labute approximate surface area is 177 Å². The zero-order valence-corrected chi connectivity index (χ0v) is 17.5. The summed E-state index contributed by atoms with van der Waals surface area (Å²) in [5, 5.41) is 12.5. The van der Waals surface area contributed by atoms with E-state index < -0.39 is 0 Å². The highest BCUT2D eigenvalue weighted by molar-refractivity contribution is 5.78. The molecule has 30 heavy (non-hydrogen) atoms. The summed E-state index contributed by atoms with van der Waals surface area (Å²) in [4.78, 5) is 18.0. The van der Waals surface area contributed by atoms with Crippen molar-refractivity contribution in [3.8, 4) is 28.6 Å². The van der Waals surface area contributed by atoms with E-state index in [1.54, 1.807) is 16.7 Å². The fourth-order valence-corrected chi connectivity index (χ4v) is 4.10. The lowest BCUT2D eigenvalue weighted by molar-refractivity contribution is 0.526. The van der Waals surface area contributed by atoms with Crippen molar-refractivity contribution in [2.75, 3.05) is 13.1 Å². The number of aryl methyl sites for hydroxylation is 2. The van der Waals surface area contributed by atoms with Gasteiger partial charge in [0.05, 0.1) is 23.0 Å². The Morgan fingerprint density at radius 3 is 2.47 bits per heavy atom. The Morgan fingerprint density at radius 2 is 1.83 bits per heavy atom. The molecular weight excluding hydrogens is 372 g/mol. The molecule has 1 fully saturated rings. The van der Waals surface area contributed by atoms with Gasteiger partial charge in [-0.15, -0.1) is 0 Å². The standard InChI is InChI=1S/C25H26N4O/c1-17-3-8-21(9-4-17)24-23(20-10-5-18(15-26)6-11-20)28-22(25(30)29(24)2)12-7-19-13-14-27-16-19/h3-6,8-11,19,27H,7,12-14,16H2,1-2H3/t19-/m0/s1. The van der Waals surface area contributed by atoms with Crippen LogP contribution in [-0.2, 0) is 13.5 Å². The van der Waals surface area contributed by atoms with E-state index in [2.05, 4.69) is 11.4 Å². The van der Waals surface area contributed by atoms with Crippen molar-refractivity contribution in [2.24, 2.45) is 13.0 Å². The summed E-state index contributed by atoms with van der Waals surface area (Å²) >= 11 is 0. The number of nitriles is 1. The first kappa shape index (κ1) is 20.1. The monoisotopic (exact) mass is 398 g/mol. The number of nitrogens with one attached hydrogen (secondary N) is 1. The van der Waals surface area contributed by atoms with E-state index in [0.717, 1.165) is 48.4 Å². The van der Waals surface area contributed by atoms with Crippen LogP contribution in [0.3, 0.4) is 0 Å². The first-order valence-corrected chi connectivity index (χ1v) is 10.4. The van der Waals surface area contributed by atoms with Gasteiger partial charge in [-0.2, -0.15) is 5.26 Å². The summed E-state index contributed by atoms with van der Waals surface area (Å²) in [6.45, 7) is 4.12. The molecule has 1 saturated heterocycles. The Morgan fingerprint density at radius 1 is 1.13 bits per heavy atom. The second-order valence-electron chi connectivity index (χ2n) is 8.07. The second kappa shape index (κ2) is 8.64. The Kier molecular flexibility index (Phi) is 5.78. The molecule has 1 aliphatic heterocycles. The molecule has 1 N–H and O–H groups in total. The topological polar surface area (TPSA) is 70.7 Å². The molecule has 2 aromatic carbocycles. The molecule has 0 saturated carbocycles. The molecule has 3 aromatic rings. The normalized spacial score (nSPS) is 15.8. The third-order valence-corrected chi connectivity index (χ3v) is 5.92. The minimum absolute atomic E-state index is 0.0334. The minimum atomic E-state index is -0.0334. The molecule has 152 valence electrons. The molecule has 0 unspecified atom stereocenters. The molecule has 5 nitrogen and oxygen atoms in total. The molecule has 5 heteroatoms. The van der Waals surface area contributed by atoms with Crippen LogP contribution in [0, 0.1) is 24.2 Å². The maximum Gasteiger partial charge on any atom is 0.272 e. The largest absolute Gasteiger partial charge is 0.316 e. The van der Waals surface area contributed by atoms with Gasteiger partial charge in [0.2, 0.25) is 0 Å². The van der Waals surface area contributed by atoms with Gasteiger partial charge < -0.3 is 9.88 Å². The van der Waals surface area contributed by atoms with Gasteiger partial charge >= 0.3 is 0 Å². The number of aromatic nitrogens is 2. The molecule has 0 bridgehead atoms. The molecule has 0 radical (unpaired) electrons. The lowest BCUT2D eigenvalue weighted by atomic mass is 9.99. The van der Waals surface area contributed by atoms with Crippen LogP contribution in [0.2, 0.25) is 0 Å². The van der Waals surface area contributed by atoms with E-state index >= 15 is 0 Å². The average molecular weight is 399 g/mol. The summed E-state index contributed by atoms with van der Waals surface area (Å²) in [6.07, 6.45) is 2.80. The zero-order valence-electron chi connectivity index (χ0n) is 17.5. The predicted octanol–water partition coefficient (Wildman–Crippen LogP) is 3.84. The minimum Gasteiger partial charge on any atom is -0.316 e. The second-order valence-corrected chi connectivity index (χ2v) is 8.07. The van der Waals surface area contributed by atoms with Crippen LogP contribution in [0.25, 0.3) is 22.5 Å². The molecule has 0 spiro atoms. The fraction of sp³-hybridized carbons (Fsp3) is 0.320. The van der Waals surface area contributed by atoms with Crippen LogP contribution < -0.4 is 10.9 Å². The first-order chi connectivity index (χ1) is 14.6. The zero-order chi connectivity index (χ0) is 21.1. The highest BCUT2D eigenvalue weighted by Crippen LogP contribution is 2.30. The lowest BCUT2D eigenvalue weighted by Crippen LogP contribution is -2.26. The maximum absolute atomic E-state index is 13.2. The molecule has 0 amide bonds. The molecule has 1 atom stereocenters. The van der Waals surface area contributed by atoms with Gasteiger partial charge in [0, 0.05) is 18.2 Å². The SMILES string of the molecule is Cc1ccc(-c2c(-c3ccc(C#N)cc3)nc(CC[C@H]3CCNC3)c(=O)n2C)cc1. The van der Waals surface area contributed by atoms with Gasteiger partial charge in [-0.05, 0) is 57.3 Å². The van der Waals surface area contributed by atoms with Crippen LogP contribution >= 0.6 is 0 Å². The van der Waals surface area contributed by atoms with Gasteiger partial charge in [-0.25, -0.2) is 4.98 Å². The average Bonchev–Trinajstić information content (AvgIpc) is 3.29. The molecule has 1 aliphatic rings. The molecule has 2 heterocycles. The highest BCUT2D eigenvalue weighted by atomic mass is 16.1. The number of nitrogens with zero attached hydrogens (tertiary/aromatic N) is 3. The first-order valence-electron chi connectivity index (χ1n) is 10.4. The third kappa shape index (κ3) is 4.05. The van der Waals surface area contributed by atoms with Crippen molar-refractivity contribution in [3.05, 3.63) is 75.7 Å². The highest BCUT2D eigenvalue weighted by Gasteiger charge is 2.20. The quantitative estimate of drug-likeness (QED) is 0.709. The Bertz CT molecular complexity index is 1130. The summed E-state index contributed by atoms with van der Waals surface area (Å²) < 4.78 is 1.73. The predicted molar refractivity (Wildman–Crippen MR) is 119 cm³/mol. The number of hydrogen-bond acceptors (Lipinski definition) is 4. The van der Waals surface area contributed by atoms with Gasteiger partial charge in [0.25, 0.3) is 5.56 Å². The smallest absolute Gasteiger partial charge is 0.272 e. The van der Waals surface area contributed by atoms with Crippen molar-refractivity contribution in [1.82, 2.24) is 14.9 Å². The van der Waals surface area contributed by atoms with Crippen molar-refractivity contribution >= 4 is 0 Å². The van der Waals surface area contributed by atoms with Crippen molar-refractivity contribution in [1.29, 1.82) is 5.26 Å². The lowest BCUT2D eigenvalue weighted by Gasteiger charge is -2.17. The van der Waals surface area contributed by atoms with E-state index in [9.17, 15) is 4.79 Å². The van der Waals surface area contributed by atoms with Crippen molar-refractivity contribution < 1.29 is 0 Å². The Hall–Kier alpha value is -3.23. The van der Waals surface area contributed by atoms with E-state index in [1.165, 1.54) is 5.56 Å². The van der Waals surface area contributed by atoms with Crippen LogP contribution in [0.5, 0.6) is 0 Å². The summed E-state index contributed by atoms with van der Waals surface area (Å²) in [5.74, 6) is 0.603. The van der Waals surface area contributed by atoms with Crippen molar-refractivity contribution in [2.45, 2.75) is 26.2 Å². The van der Waals surface area contributed by atoms with Gasteiger partial charge in [0.15, 0.2) is 0 Å². The van der Waals surface area contributed by atoms with Crippen LogP contribution in [0.4, 0.5) is 0 Å². The van der Waals surface area contributed by atoms with E-state index in [1.807, 2.05) is 50.4 Å². The molecule has 4 rings (SSSR count). The van der Waals surface area contributed by atoms with Crippen molar-refractivity contribution in [3.63, 3.8) is 0 Å². The van der Waals surface area contributed by atoms with E-state index in [-0.39, 0.29) is 5.56 Å². The van der Waals surface area contributed by atoms with Crippen LogP contribution in [0.1, 0.15) is 29.7 Å². The third-order valence-electron chi connectivity index (χ3n) is 5.92. The fourth-order valence-electron chi connectivity index (χ4n) is 4.10. The Balaban J connectivity index is 1.82. The maximum atomic E-state index is 13.2. The van der Waals surface area contributed by atoms with Crippen LogP contribution in [-0.4, -0.2) is 22.6 Å². The van der Waals surface area contributed by atoms with Crippen LogP contribution in [0.15, 0.2) is 53.3 Å². The van der Waals surface area contributed by atoms with Gasteiger partial charge in [-0.3, -0.25) is 4.79 Å². The number of benzene rings is 2. The molecule has 1 aromatic heterocycles. The van der Waals surface area contributed by atoms with E-state index in [0.29, 0.717) is 23.6 Å². The summed E-state index contributed by atoms with van der Waals surface area (Å²) in [6, 6.07) is 17.7. The number of hydrogen-bond donors (Lipinski definition) is 1. The molecule has 0 aliphatic carbocycles.